The number of carbonyl (C=O) groups is 2. The quantitative estimate of drug-likeness (QED) is 0.612. The van der Waals surface area contributed by atoms with Crippen LogP contribution < -0.4 is 10.2 Å². The molecule has 1 aliphatic rings. The summed E-state index contributed by atoms with van der Waals surface area (Å²) >= 11 is 0.944. The summed E-state index contributed by atoms with van der Waals surface area (Å²) in [6.07, 6.45) is -0.429. The molecule has 4 rings (SSSR count). The molecule has 7 nitrogen and oxygen atoms in total. The molecular formula is C20H17F3N4O3S. The second-order valence-corrected chi connectivity index (χ2v) is 8.05. The van der Waals surface area contributed by atoms with Crippen molar-refractivity contribution < 1.29 is 27.9 Å². The van der Waals surface area contributed by atoms with Crippen molar-refractivity contribution in [3.05, 3.63) is 46.7 Å². The number of aromatic nitrogens is 2. The highest BCUT2D eigenvalue weighted by Gasteiger charge is 2.33. The van der Waals surface area contributed by atoms with E-state index in [9.17, 15) is 22.8 Å². The number of benzene rings is 1. The number of amides is 1. The predicted octanol–water partition coefficient (Wildman–Crippen LogP) is 4.41. The minimum atomic E-state index is -2.80. The highest BCUT2D eigenvalue weighted by molar-refractivity contribution is 7.14. The average Bonchev–Trinajstić information content (AvgIpc) is 3.10. The number of thiazole rings is 1. The zero-order chi connectivity index (χ0) is 22.2. The van der Waals surface area contributed by atoms with E-state index in [0.29, 0.717) is 10.9 Å². The molecule has 0 radical (unpaired) electrons. The van der Waals surface area contributed by atoms with E-state index in [2.05, 4.69) is 15.3 Å². The lowest BCUT2D eigenvalue weighted by Gasteiger charge is -2.24. The molecule has 162 valence electrons. The Balaban J connectivity index is 1.72. The molecule has 1 fully saturated rings. The number of carboxylic acids is 1. The van der Waals surface area contributed by atoms with Gasteiger partial charge in [-0.1, -0.05) is 0 Å². The van der Waals surface area contributed by atoms with E-state index < -0.39 is 23.6 Å². The topological polar surface area (TPSA) is 95.4 Å². The first-order valence-electron chi connectivity index (χ1n) is 9.45. The highest BCUT2D eigenvalue weighted by Crippen LogP contribution is 2.32. The lowest BCUT2D eigenvalue weighted by atomic mass is 10.1. The van der Waals surface area contributed by atoms with E-state index in [0.717, 1.165) is 11.3 Å². The molecule has 0 spiro atoms. The first kappa shape index (κ1) is 21.0. The third kappa shape index (κ3) is 4.61. The molecule has 2 N–H and O–H groups in total. The van der Waals surface area contributed by atoms with Crippen LogP contribution in [0.15, 0.2) is 29.6 Å². The fourth-order valence-corrected chi connectivity index (χ4v) is 4.09. The summed E-state index contributed by atoms with van der Waals surface area (Å²) in [6.45, 7) is 0.256. The van der Waals surface area contributed by atoms with E-state index in [1.165, 1.54) is 29.6 Å². The molecule has 31 heavy (non-hydrogen) atoms. The zero-order valence-electron chi connectivity index (χ0n) is 16.1. The highest BCUT2D eigenvalue weighted by atomic mass is 32.1. The number of carboxylic acid groups (broad SMARTS) is 1. The Morgan fingerprint density at radius 3 is 2.71 bits per heavy atom. The van der Waals surface area contributed by atoms with E-state index in [1.807, 2.05) is 0 Å². The fourth-order valence-electron chi connectivity index (χ4n) is 3.41. The normalized spacial score (nSPS) is 16.2. The number of hydrogen-bond donors (Lipinski definition) is 2. The minimum Gasteiger partial charge on any atom is -0.476 e. The van der Waals surface area contributed by atoms with Crippen molar-refractivity contribution in [1.29, 1.82) is 0 Å². The molecule has 11 heteroatoms. The lowest BCUT2D eigenvalue weighted by Crippen LogP contribution is -2.29. The second-order valence-electron chi connectivity index (χ2n) is 7.19. The van der Waals surface area contributed by atoms with Crippen molar-refractivity contribution >= 4 is 45.1 Å². The number of pyridine rings is 1. The van der Waals surface area contributed by atoms with Crippen molar-refractivity contribution in [3.8, 4) is 0 Å². The van der Waals surface area contributed by atoms with Gasteiger partial charge in [-0.15, -0.1) is 11.3 Å². The molecule has 0 unspecified atom stereocenters. The van der Waals surface area contributed by atoms with Gasteiger partial charge in [0.15, 0.2) is 10.8 Å². The van der Waals surface area contributed by atoms with Crippen LogP contribution in [0.3, 0.4) is 0 Å². The predicted molar refractivity (Wildman–Crippen MR) is 110 cm³/mol. The number of halogens is 3. The van der Waals surface area contributed by atoms with Gasteiger partial charge in [0, 0.05) is 42.8 Å². The summed E-state index contributed by atoms with van der Waals surface area (Å²) in [6, 6.07) is 5.44. The van der Waals surface area contributed by atoms with Gasteiger partial charge in [-0.05, 0) is 24.6 Å². The van der Waals surface area contributed by atoms with Crippen LogP contribution in [-0.4, -0.2) is 46.0 Å². The van der Waals surface area contributed by atoms with Gasteiger partial charge in [-0.3, -0.25) is 10.1 Å². The lowest BCUT2D eigenvalue weighted by molar-refractivity contribution is -0.0102. The number of nitrogens with zero attached hydrogens (tertiary/aromatic N) is 3. The van der Waals surface area contributed by atoms with Crippen LogP contribution in [-0.2, 0) is 0 Å². The number of carbonyl (C=O) groups excluding carboxylic acids is 1. The molecule has 0 atom stereocenters. The summed E-state index contributed by atoms with van der Waals surface area (Å²) in [5.41, 5.74) is 0.198. The van der Waals surface area contributed by atoms with Gasteiger partial charge in [-0.2, -0.15) is 0 Å². The molecule has 0 saturated carbocycles. The number of alkyl halides is 2. The maximum Gasteiger partial charge on any atom is 0.355 e. The van der Waals surface area contributed by atoms with Crippen molar-refractivity contribution in [2.24, 2.45) is 0 Å². The molecular weight excluding hydrogens is 433 g/mol. The first-order valence-corrected chi connectivity index (χ1v) is 10.3. The smallest absolute Gasteiger partial charge is 0.355 e. The fraction of sp³-hybridized carbons (Fsp3) is 0.300. The standard InChI is InChI=1S/C20H17F3N4O3S/c21-12-3-2-11-8-13(17(28)26-19-25-15(10-31-19)18(29)30)16(24-14(11)9-12)27-6-1-4-20(22,23)5-7-27/h2-3,8-10H,1,4-7H2,(H,29,30)(H,25,26,28). The van der Waals surface area contributed by atoms with E-state index >= 15 is 0 Å². The van der Waals surface area contributed by atoms with Crippen molar-refractivity contribution in [2.75, 3.05) is 23.3 Å². The third-order valence-electron chi connectivity index (χ3n) is 4.97. The Labute approximate surface area is 178 Å². The van der Waals surface area contributed by atoms with Crippen LogP contribution in [0, 0.1) is 5.82 Å². The van der Waals surface area contributed by atoms with Crippen molar-refractivity contribution in [1.82, 2.24) is 9.97 Å². The SMILES string of the molecule is O=C(O)c1csc(NC(=O)c2cc3ccc(F)cc3nc2N2CCCC(F)(F)CC2)n1. The molecule has 0 aliphatic carbocycles. The molecule has 3 aromatic rings. The van der Waals surface area contributed by atoms with Gasteiger partial charge >= 0.3 is 5.97 Å². The molecule has 2 aromatic heterocycles. The summed E-state index contributed by atoms with van der Waals surface area (Å²) in [7, 11) is 0. The van der Waals surface area contributed by atoms with Gasteiger partial charge < -0.3 is 10.0 Å². The number of nitrogens with one attached hydrogen (secondary N) is 1. The average molecular weight is 450 g/mol. The van der Waals surface area contributed by atoms with Gasteiger partial charge in [0.05, 0.1) is 11.1 Å². The van der Waals surface area contributed by atoms with Gasteiger partial charge in [0.2, 0.25) is 5.92 Å². The second kappa shape index (κ2) is 8.14. The van der Waals surface area contributed by atoms with E-state index in [1.54, 1.807) is 4.90 Å². The van der Waals surface area contributed by atoms with Crippen LogP contribution in [0.1, 0.15) is 40.1 Å². The first-order chi connectivity index (χ1) is 14.7. The summed E-state index contributed by atoms with van der Waals surface area (Å²) in [5, 5.41) is 13.4. The Hall–Kier alpha value is -3.21. The molecule has 1 amide bonds. The van der Waals surface area contributed by atoms with Gasteiger partial charge in [0.25, 0.3) is 5.91 Å². The Kier molecular flexibility index (Phi) is 5.52. The summed E-state index contributed by atoms with van der Waals surface area (Å²) < 4.78 is 41.4. The number of fused-ring (bicyclic) bond motifs is 1. The van der Waals surface area contributed by atoms with Crippen molar-refractivity contribution in [3.63, 3.8) is 0 Å². The Morgan fingerprint density at radius 1 is 1.16 bits per heavy atom. The van der Waals surface area contributed by atoms with Crippen molar-refractivity contribution in [2.45, 2.75) is 25.2 Å². The van der Waals surface area contributed by atoms with Crippen LogP contribution in [0.25, 0.3) is 10.9 Å². The van der Waals surface area contributed by atoms with E-state index in [-0.39, 0.29) is 54.6 Å². The molecule has 3 heterocycles. The number of aromatic carboxylic acids is 1. The minimum absolute atomic E-state index is 0.0124. The number of anilines is 2. The van der Waals surface area contributed by atoms with Gasteiger partial charge in [0.1, 0.15) is 11.6 Å². The van der Waals surface area contributed by atoms with Crippen LogP contribution in [0.4, 0.5) is 24.1 Å². The number of rotatable bonds is 4. The van der Waals surface area contributed by atoms with Crippen LogP contribution >= 0.6 is 11.3 Å². The molecule has 1 saturated heterocycles. The van der Waals surface area contributed by atoms with Crippen LogP contribution in [0.2, 0.25) is 0 Å². The summed E-state index contributed by atoms with van der Waals surface area (Å²) in [5.74, 6) is -4.97. The Bertz CT molecular complexity index is 1170. The monoisotopic (exact) mass is 450 g/mol. The molecule has 1 aromatic carbocycles. The third-order valence-corrected chi connectivity index (χ3v) is 5.72. The zero-order valence-corrected chi connectivity index (χ0v) is 16.9. The Morgan fingerprint density at radius 2 is 1.97 bits per heavy atom. The largest absolute Gasteiger partial charge is 0.476 e. The van der Waals surface area contributed by atoms with E-state index in [4.69, 9.17) is 5.11 Å². The maximum atomic E-state index is 13.8. The maximum absolute atomic E-state index is 13.8. The van der Waals surface area contributed by atoms with Crippen LogP contribution in [0.5, 0.6) is 0 Å². The number of hydrogen-bond acceptors (Lipinski definition) is 6. The van der Waals surface area contributed by atoms with Gasteiger partial charge in [-0.25, -0.2) is 27.9 Å². The molecule has 0 bridgehead atoms. The summed E-state index contributed by atoms with van der Waals surface area (Å²) in [4.78, 5) is 33.9. The molecule has 1 aliphatic heterocycles.